The van der Waals surface area contributed by atoms with Crippen molar-refractivity contribution in [3.8, 4) is 0 Å². The Labute approximate surface area is 93.0 Å². The third-order valence-corrected chi connectivity index (χ3v) is 2.85. The van der Waals surface area contributed by atoms with Crippen LogP contribution < -0.4 is 0 Å². The molecule has 1 rings (SSSR count). The molecule has 0 aliphatic carbocycles. The van der Waals surface area contributed by atoms with E-state index in [1.807, 2.05) is 18.2 Å². The lowest BCUT2D eigenvalue weighted by molar-refractivity contribution is 0.0827. The molecule has 0 heterocycles. The molecule has 0 atom stereocenters. The second-order valence-electron chi connectivity index (χ2n) is 3.36. The molecule has 0 bridgehead atoms. The van der Waals surface area contributed by atoms with Crippen molar-refractivity contribution in [3.63, 3.8) is 0 Å². The third-order valence-electron chi connectivity index (χ3n) is 2.08. The first-order chi connectivity index (χ1) is 6.56. The number of hydrogen-bond acceptors (Lipinski definition) is 1. The largest absolute Gasteiger partial charge is 0.345 e. The maximum atomic E-state index is 11.6. The van der Waals surface area contributed by atoms with Crippen LogP contribution in [0.2, 0.25) is 0 Å². The zero-order valence-electron chi connectivity index (χ0n) is 8.67. The summed E-state index contributed by atoms with van der Waals surface area (Å²) in [5, 5.41) is 0. The quantitative estimate of drug-likeness (QED) is 0.796. The van der Waals surface area contributed by atoms with E-state index in [0.29, 0.717) is 0 Å². The predicted octanol–water partition coefficient (Wildman–Crippen LogP) is 2.71. The van der Waals surface area contributed by atoms with Gasteiger partial charge in [-0.1, -0.05) is 22.9 Å². The number of carbonyl (C=O) groups excluding carboxylic acids is 1. The smallest absolute Gasteiger partial charge is 0.253 e. The van der Waals surface area contributed by atoms with Crippen molar-refractivity contribution in [2.24, 2.45) is 0 Å². The average molecular weight is 256 g/mol. The molecule has 0 radical (unpaired) electrons. The standard InChI is InChI=1S/C11H14BrNO/c1-4-8-7-9(5-6-10(8)12)11(14)13(2)3/h5-7H,4H2,1-3H3. The predicted molar refractivity (Wildman–Crippen MR) is 61.5 cm³/mol. The zero-order valence-corrected chi connectivity index (χ0v) is 10.3. The van der Waals surface area contributed by atoms with E-state index in [1.54, 1.807) is 19.0 Å². The first-order valence-electron chi connectivity index (χ1n) is 4.56. The summed E-state index contributed by atoms with van der Waals surface area (Å²) in [7, 11) is 3.52. The van der Waals surface area contributed by atoms with Crippen LogP contribution in [0.15, 0.2) is 22.7 Å². The minimum Gasteiger partial charge on any atom is -0.345 e. The fraction of sp³-hybridized carbons (Fsp3) is 0.364. The Morgan fingerprint density at radius 1 is 1.43 bits per heavy atom. The topological polar surface area (TPSA) is 20.3 Å². The molecule has 0 unspecified atom stereocenters. The molecule has 0 aliphatic rings. The number of carbonyl (C=O) groups is 1. The second-order valence-corrected chi connectivity index (χ2v) is 4.21. The third kappa shape index (κ3) is 2.35. The van der Waals surface area contributed by atoms with Crippen LogP contribution in [-0.4, -0.2) is 24.9 Å². The molecular formula is C11H14BrNO. The molecule has 1 amide bonds. The van der Waals surface area contributed by atoms with Gasteiger partial charge in [-0.15, -0.1) is 0 Å². The van der Waals surface area contributed by atoms with Gasteiger partial charge in [-0.25, -0.2) is 0 Å². The Morgan fingerprint density at radius 2 is 2.07 bits per heavy atom. The lowest BCUT2D eigenvalue weighted by atomic mass is 10.1. The maximum Gasteiger partial charge on any atom is 0.253 e. The first kappa shape index (κ1) is 11.2. The van der Waals surface area contributed by atoms with Gasteiger partial charge < -0.3 is 4.90 Å². The van der Waals surface area contributed by atoms with Gasteiger partial charge in [-0.2, -0.15) is 0 Å². The van der Waals surface area contributed by atoms with Crippen molar-refractivity contribution in [2.45, 2.75) is 13.3 Å². The Morgan fingerprint density at radius 3 is 2.57 bits per heavy atom. The molecule has 2 nitrogen and oxygen atoms in total. The van der Waals surface area contributed by atoms with Crippen LogP contribution in [0.4, 0.5) is 0 Å². The van der Waals surface area contributed by atoms with E-state index in [-0.39, 0.29) is 5.91 Å². The highest BCUT2D eigenvalue weighted by Gasteiger charge is 2.09. The molecule has 0 saturated heterocycles. The van der Waals surface area contributed by atoms with E-state index in [1.165, 1.54) is 0 Å². The number of hydrogen-bond donors (Lipinski definition) is 0. The Kier molecular flexibility index (Phi) is 3.69. The number of rotatable bonds is 2. The highest BCUT2D eigenvalue weighted by Crippen LogP contribution is 2.19. The Balaban J connectivity index is 3.06. The molecule has 1 aromatic rings. The van der Waals surface area contributed by atoms with Crippen LogP contribution in [0, 0.1) is 0 Å². The summed E-state index contributed by atoms with van der Waals surface area (Å²) in [4.78, 5) is 13.2. The lowest BCUT2D eigenvalue weighted by Gasteiger charge is -2.11. The molecular weight excluding hydrogens is 242 g/mol. The average Bonchev–Trinajstić information content (AvgIpc) is 2.17. The maximum absolute atomic E-state index is 11.6. The van der Waals surface area contributed by atoms with Crippen LogP contribution in [0.5, 0.6) is 0 Å². The van der Waals surface area contributed by atoms with Gasteiger partial charge in [0.2, 0.25) is 0 Å². The van der Waals surface area contributed by atoms with Crippen molar-refractivity contribution >= 4 is 21.8 Å². The van der Waals surface area contributed by atoms with E-state index in [0.717, 1.165) is 22.0 Å². The fourth-order valence-electron chi connectivity index (χ4n) is 1.24. The molecule has 0 aromatic heterocycles. The molecule has 0 aliphatic heterocycles. The van der Waals surface area contributed by atoms with Crippen molar-refractivity contribution in [1.82, 2.24) is 4.90 Å². The van der Waals surface area contributed by atoms with Gasteiger partial charge >= 0.3 is 0 Å². The van der Waals surface area contributed by atoms with Gasteiger partial charge in [0.25, 0.3) is 5.91 Å². The summed E-state index contributed by atoms with van der Waals surface area (Å²) < 4.78 is 1.07. The number of benzene rings is 1. The number of amides is 1. The molecule has 0 fully saturated rings. The SMILES string of the molecule is CCc1cc(C(=O)N(C)C)ccc1Br. The van der Waals surface area contributed by atoms with Crippen LogP contribution in [0.25, 0.3) is 0 Å². The van der Waals surface area contributed by atoms with E-state index in [4.69, 9.17) is 0 Å². The van der Waals surface area contributed by atoms with Crippen molar-refractivity contribution in [1.29, 1.82) is 0 Å². The molecule has 14 heavy (non-hydrogen) atoms. The van der Waals surface area contributed by atoms with Gasteiger partial charge in [0, 0.05) is 24.1 Å². The molecule has 0 N–H and O–H groups in total. The minimum absolute atomic E-state index is 0.0483. The van der Waals surface area contributed by atoms with E-state index >= 15 is 0 Å². The number of aryl methyl sites for hydroxylation is 1. The molecule has 3 heteroatoms. The minimum atomic E-state index is 0.0483. The van der Waals surface area contributed by atoms with Crippen LogP contribution in [0.3, 0.4) is 0 Å². The first-order valence-corrected chi connectivity index (χ1v) is 5.35. The summed E-state index contributed by atoms with van der Waals surface area (Å²) in [6, 6.07) is 5.70. The van der Waals surface area contributed by atoms with Gasteiger partial charge in [-0.05, 0) is 30.2 Å². The monoisotopic (exact) mass is 255 g/mol. The van der Waals surface area contributed by atoms with Crippen molar-refractivity contribution < 1.29 is 4.79 Å². The summed E-state index contributed by atoms with van der Waals surface area (Å²) in [5.41, 5.74) is 1.91. The second kappa shape index (κ2) is 4.60. The zero-order chi connectivity index (χ0) is 10.7. The van der Waals surface area contributed by atoms with Crippen LogP contribution in [-0.2, 0) is 6.42 Å². The van der Waals surface area contributed by atoms with Gasteiger partial charge in [0.15, 0.2) is 0 Å². The molecule has 76 valence electrons. The molecule has 0 saturated carbocycles. The van der Waals surface area contributed by atoms with Crippen molar-refractivity contribution in [2.75, 3.05) is 14.1 Å². The van der Waals surface area contributed by atoms with Gasteiger partial charge in [0.05, 0.1) is 0 Å². The number of halogens is 1. The van der Waals surface area contributed by atoms with E-state index < -0.39 is 0 Å². The molecule has 0 spiro atoms. The van der Waals surface area contributed by atoms with Crippen LogP contribution in [0.1, 0.15) is 22.8 Å². The van der Waals surface area contributed by atoms with Crippen LogP contribution >= 0.6 is 15.9 Å². The highest BCUT2D eigenvalue weighted by molar-refractivity contribution is 9.10. The van der Waals surface area contributed by atoms with Gasteiger partial charge in [-0.3, -0.25) is 4.79 Å². The highest BCUT2D eigenvalue weighted by atomic mass is 79.9. The Hall–Kier alpha value is -0.830. The van der Waals surface area contributed by atoms with Crippen molar-refractivity contribution in [3.05, 3.63) is 33.8 Å². The summed E-state index contributed by atoms with van der Waals surface area (Å²) in [6.07, 6.45) is 0.926. The van der Waals surface area contributed by atoms with Gasteiger partial charge in [0.1, 0.15) is 0 Å². The normalized spacial score (nSPS) is 10.0. The lowest BCUT2D eigenvalue weighted by Crippen LogP contribution is -2.21. The Bertz CT molecular complexity index is 347. The fourth-order valence-corrected chi connectivity index (χ4v) is 1.76. The summed E-state index contributed by atoms with van der Waals surface area (Å²) in [5.74, 6) is 0.0483. The van der Waals surface area contributed by atoms with E-state index in [9.17, 15) is 4.79 Å². The molecule has 1 aromatic carbocycles. The summed E-state index contributed by atoms with van der Waals surface area (Å²) in [6.45, 7) is 2.07. The summed E-state index contributed by atoms with van der Waals surface area (Å²) >= 11 is 3.45. The van der Waals surface area contributed by atoms with E-state index in [2.05, 4.69) is 22.9 Å². The number of nitrogens with zero attached hydrogens (tertiary/aromatic N) is 1.